The van der Waals surface area contributed by atoms with Crippen LogP contribution in [0.5, 0.6) is 5.75 Å². The zero-order valence-electron chi connectivity index (χ0n) is 15.2. The monoisotopic (exact) mass is 352 g/mol. The molecule has 2 aromatic carbocycles. The fourth-order valence-corrected chi connectivity index (χ4v) is 2.85. The summed E-state index contributed by atoms with van der Waals surface area (Å²) in [4.78, 5) is 18.4. The molecule has 5 nitrogen and oxygen atoms in total. The molecule has 2 aromatic rings. The van der Waals surface area contributed by atoms with Gasteiger partial charge in [-0.25, -0.2) is 5.06 Å². The number of carbonyl (C=O) groups excluding carboxylic acids is 1. The van der Waals surface area contributed by atoms with Crippen LogP contribution in [0.1, 0.15) is 24.5 Å². The molecule has 0 unspecified atom stereocenters. The van der Waals surface area contributed by atoms with E-state index in [1.807, 2.05) is 54.6 Å². The van der Waals surface area contributed by atoms with E-state index in [0.29, 0.717) is 25.4 Å². The number of hydrogen-bond acceptors (Lipinski definition) is 4. The molecule has 0 aromatic heterocycles. The molecule has 1 aliphatic rings. The van der Waals surface area contributed by atoms with Crippen LogP contribution >= 0.6 is 0 Å². The van der Waals surface area contributed by atoms with Gasteiger partial charge >= 0.3 is 0 Å². The van der Waals surface area contributed by atoms with E-state index in [2.05, 4.69) is 12.2 Å². The van der Waals surface area contributed by atoms with Crippen molar-refractivity contribution in [3.05, 3.63) is 77.0 Å². The van der Waals surface area contributed by atoms with Crippen LogP contribution in [0.15, 0.2) is 65.9 Å². The summed E-state index contributed by atoms with van der Waals surface area (Å²) in [7, 11) is 1.65. The molecule has 3 rings (SSSR count). The Morgan fingerprint density at radius 1 is 1.04 bits per heavy atom. The number of carbonyl (C=O) groups is 1. The second kappa shape index (κ2) is 8.54. The van der Waals surface area contributed by atoms with E-state index in [0.717, 1.165) is 28.9 Å². The Balaban J connectivity index is 1.59. The summed E-state index contributed by atoms with van der Waals surface area (Å²) in [6, 6.07) is 17.7. The van der Waals surface area contributed by atoms with Gasteiger partial charge in [-0.1, -0.05) is 49.4 Å². The minimum Gasteiger partial charge on any atom is -0.497 e. The van der Waals surface area contributed by atoms with Gasteiger partial charge in [0.05, 0.1) is 13.7 Å². The van der Waals surface area contributed by atoms with E-state index in [9.17, 15) is 4.79 Å². The smallest absolute Gasteiger partial charge is 0.293 e. The van der Waals surface area contributed by atoms with Crippen molar-refractivity contribution in [2.75, 3.05) is 13.7 Å². The Bertz CT molecular complexity index is 770. The lowest BCUT2D eigenvalue weighted by Gasteiger charge is -2.16. The minimum atomic E-state index is -0.105. The van der Waals surface area contributed by atoms with Crippen LogP contribution in [0.2, 0.25) is 0 Å². The average molecular weight is 352 g/mol. The number of hydroxylamine groups is 2. The van der Waals surface area contributed by atoms with Gasteiger partial charge in [-0.2, -0.15) is 0 Å². The molecular formula is C21H24N2O3. The van der Waals surface area contributed by atoms with Gasteiger partial charge in [0.2, 0.25) is 0 Å². The van der Waals surface area contributed by atoms with Gasteiger partial charge in [0.25, 0.3) is 5.91 Å². The van der Waals surface area contributed by atoms with E-state index < -0.39 is 0 Å². The third-order valence-corrected chi connectivity index (χ3v) is 4.41. The molecule has 1 heterocycles. The lowest BCUT2D eigenvalue weighted by atomic mass is 10.1. The Hall–Kier alpha value is -2.79. The fourth-order valence-electron chi connectivity index (χ4n) is 2.85. The summed E-state index contributed by atoms with van der Waals surface area (Å²) in [5, 5.41) is 4.73. The van der Waals surface area contributed by atoms with Gasteiger partial charge in [0.15, 0.2) is 0 Å². The highest BCUT2D eigenvalue weighted by atomic mass is 16.7. The Labute approximate surface area is 154 Å². The molecular weight excluding hydrogens is 328 g/mol. The number of nitrogens with zero attached hydrogens (tertiary/aromatic N) is 1. The number of methoxy groups -OCH3 is 1. The normalized spacial score (nSPS) is 14.1. The van der Waals surface area contributed by atoms with Crippen LogP contribution < -0.4 is 10.1 Å². The highest BCUT2D eigenvalue weighted by molar-refractivity contribution is 5.95. The number of amides is 1. The molecule has 1 amide bonds. The average Bonchev–Trinajstić information content (AvgIpc) is 3.01. The van der Waals surface area contributed by atoms with Crippen molar-refractivity contribution in [1.29, 1.82) is 0 Å². The maximum Gasteiger partial charge on any atom is 0.293 e. The van der Waals surface area contributed by atoms with Crippen molar-refractivity contribution >= 4 is 5.91 Å². The molecule has 0 fully saturated rings. The zero-order chi connectivity index (χ0) is 18.4. The standard InChI is InChI=1S/C21H24N2O3/c1-3-18-14-23(26-15-17-7-5-4-6-8-17)21(24)20(18)22-13-16-9-11-19(25-2)12-10-16/h4-12,22H,3,13-15H2,1-2H3. The largest absolute Gasteiger partial charge is 0.497 e. The SMILES string of the molecule is CCC1=C(NCc2ccc(OC)cc2)C(=O)N(OCc2ccccc2)C1. The van der Waals surface area contributed by atoms with Crippen LogP contribution in [-0.2, 0) is 22.8 Å². The molecule has 0 atom stereocenters. The van der Waals surface area contributed by atoms with Crippen molar-refractivity contribution in [2.45, 2.75) is 26.5 Å². The second-order valence-electron chi connectivity index (χ2n) is 6.13. The number of rotatable bonds is 8. The lowest BCUT2D eigenvalue weighted by Crippen LogP contribution is -2.30. The number of hydrogen-bond donors (Lipinski definition) is 1. The predicted molar refractivity (Wildman–Crippen MR) is 100 cm³/mol. The maximum atomic E-state index is 12.7. The Morgan fingerprint density at radius 3 is 2.42 bits per heavy atom. The highest BCUT2D eigenvalue weighted by Gasteiger charge is 2.30. The molecule has 1 aliphatic heterocycles. The number of nitrogens with one attached hydrogen (secondary N) is 1. The second-order valence-corrected chi connectivity index (χ2v) is 6.13. The quantitative estimate of drug-likeness (QED) is 0.791. The summed E-state index contributed by atoms with van der Waals surface area (Å²) < 4.78 is 5.17. The Kier molecular flexibility index (Phi) is 5.92. The van der Waals surface area contributed by atoms with Crippen LogP contribution in [0, 0.1) is 0 Å². The number of benzene rings is 2. The molecule has 1 N–H and O–H groups in total. The number of ether oxygens (including phenoxy) is 1. The van der Waals surface area contributed by atoms with Crippen molar-refractivity contribution in [2.24, 2.45) is 0 Å². The van der Waals surface area contributed by atoms with E-state index in [-0.39, 0.29) is 5.91 Å². The third-order valence-electron chi connectivity index (χ3n) is 4.41. The molecule has 0 radical (unpaired) electrons. The molecule has 0 aliphatic carbocycles. The summed E-state index contributed by atoms with van der Waals surface area (Å²) >= 11 is 0. The molecule has 136 valence electrons. The van der Waals surface area contributed by atoms with Gasteiger partial charge in [-0.3, -0.25) is 9.63 Å². The highest BCUT2D eigenvalue weighted by Crippen LogP contribution is 2.21. The van der Waals surface area contributed by atoms with Gasteiger partial charge in [-0.05, 0) is 35.3 Å². The first-order valence-corrected chi connectivity index (χ1v) is 8.78. The van der Waals surface area contributed by atoms with Crippen LogP contribution in [-0.4, -0.2) is 24.6 Å². The minimum absolute atomic E-state index is 0.105. The molecule has 0 bridgehead atoms. The van der Waals surface area contributed by atoms with Crippen molar-refractivity contribution in [3.8, 4) is 5.75 Å². The van der Waals surface area contributed by atoms with E-state index in [4.69, 9.17) is 9.57 Å². The summed E-state index contributed by atoms with van der Waals surface area (Å²) in [5.74, 6) is 0.714. The van der Waals surface area contributed by atoms with Gasteiger partial charge in [-0.15, -0.1) is 0 Å². The maximum absolute atomic E-state index is 12.7. The third kappa shape index (κ3) is 4.24. The molecule has 0 saturated heterocycles. The van der Waals surface area contributed by atoms with Crippen molar-refractivity contribution in [1.82, 2.24) is 10.4 Å². The first-order valence-electron chi connectivity index (χ1n) is 8.78. The van der Waals surface area contributed by atoms with Crippen LogP contribution in [0.4, 0.5) is 0 Å². The first-order chi connectivity index (χ1) is 12.7. The van der Waals surface area contributed by atoms with E-state index in [1.54, 1.807) is 7.11 Å². The van der Waals surface area contributed by atoms with Gasteiger partial charge in [0.1, 0.15) is 18.1 Å². The van der Waals surface area contributed by atoms with Gasteiger partial charge in [0, 0.05) is 6.54 Å². The van der Waals surface area contributed by atoms with Crippen LogP contribution in [0.25, 0.3) is 0 Å². The molecule has 0 saturated carbocycles. The molecule has 26 heavy (non-hydrogen) atoms. The molecule has 5 heteroatoms. The van der Waals surface area contributed by atoms with E-state index in [1.165, 1.54) is 5.06 Å². The summed E-state index contributed by atoms with van der Waals surface area (Å²) in [6.45, 7) is 3.53. The topological polar surface area (TPSA) is 50.8 Å². The van der Waals surface area contributed by atoms with Crippen LogP contribution in [0.3, 0.4) is 0 Å². The molecule has 0 spiro atoms. The van der Waals surface area contributed by atoms with Crippen molar-refractivity contribution in [3.63, 3.8) is 0 Å². The zero-order valence-corrected chi connectivity index (χ0v) is 15.2. The van der Waals surface area contributed by atoms with Crippen molar-refractivity contribution < 1.29 is 14.4 Å². The fraction of sp³-hybridized carbons (Fsp3) is 0.286. The Morgan fingerprint density at radius 2 is 1.77 bits per heavy atom. The summed E-state index contributed by atoms with van der Waals surface area (Å²) in [5.41, 5.74) is 3.84. The first kappa shape index (κ1) is 18.0. The summed E-state index contributed by atoms with van der Waals surface area (Å²) in [6.07, 6.45) is 0.807. The lowest BCUT2D eigenvalue weighted by molar-refractivity contribution is -0.181. The van der Waals surface area contributed by atoms with E-state index >= 15 is 0 Å². The van der Waals surface area contributed by atoms with Gasteiger partial charge < -0.3 is 10.1 Å². The predicted octanol–water partition coefficient (Wildman–Crippen LogP) is 3.42.